The van der Waals surface area contributed by atoms with E-state index in [1.54, 1.807) is 13.8 Å². The molecule has 0 radical (unpaired) electrons. The largest absolute Gasteiger partial charge is 0.416 e. The summed E-state index contributed by atoms with van der Waals surface area (Å²) >= 11 is 0. The highest BCUT2D eigenvalue weighted by Crippen LogP contribution is 2.29. The van der Waals surface area contributed by atoms with Crippen LogP contribution in [0.15, 0.2) is 42.5 Å². The lowest BCUT2D eigenvalue weighted by atomic mass is 10.0. The predicted molar refractivity (Wildman–Crippen MR) is 95.7 cm³/mol. The Morgan fingerprint density at radius 1 is 0.966 bits per heavy atom. The summed E-state index contributed by atoms with van der Waals surface area (Å²) in [5.41, 5.74) is -1.19. The molecule has 156 valence electrons. The van der Waals surface area contributed by atoms with Crippen molar-refractivity contribution in [3.8, 4) is 0 Å². The molecule has 0 aromatic heterocycles. The third-order valence-corrected chi connectivity index (χ3v) is 4.17. The van der Waals surface area contributed by atoms with Gasteiger partial charge in [0, 0.05) is 6.54 Å². The van der Waals surface area contributed by atoms with Gasteiger partial charge in [0.25, 0.3) is 5.91 Å². The highest BCUT2D eigenvalue weighted by molar-refractivity contribution is 5.98. The molecule has 0 spiro atoms. The number of hydrogen-bond acceptors (Lipinski definition) is 2. The smallest absolute Gasteiger partial charge is 0.350 e. The van der Waals surface area contributed by atoms with E-state index in [0.717, 1.165) is 30.3 Å². The molecule has 2 amide bonds. The molecule has 0 saturated heterocycles. The fourth-order valence-electron chi connectivity index (χ4n) is 2.57. The Bertz CT molecular complexity index is 859. The van der Waals surface area contributed by atoms with Crippen molar-refractivity contribution >= 4 is 11.8 Å². The number of nitrogens with one attached hydrogen (secondary N) is 2. The van der Waals surface area contributed by atoms with Crippen molar-refractivity contribution in [2.75, 3.05) is 0 Å². The van der Waals surface area contributed by atoms with E-state index in [4.69, 9.17) is 0 Å². The van der Waals surface area contributed by atoms with E-state index in [-0.39, 0.29) is 6.54 Å². The Kier molecular flexibility index (Phi) is 6.94. The number of carbonyl (C=O) groups excluding carboxylic acids is 2. The number of halogens is 5. The van der Waals surface area contributed by atoms with Gasteiger partial charge < -0.3 is 10.6 Å². The summed E-state index contributed by atoms with van der Waals surface area (Å²) in [5.74, 6) is -4.25. The van der Waals surface area contributed by atoms with Gasteiger partial charge in [0.05, 0.1) is 5.56 Å². The van der Waals surface area contributed by atoms with Crippen molar-refractivity contribution in [2.45, 2.75) is 32.6 Å². The fraction of sp³-hybridized carbons (Fsp3) is 0.300. The molecule has 2 aromatic carbocycles. The van der Waals surface area contributed by atoms with E-state index in [9.17, 15) is 31.5 Å². The third-order valence-electron chi connectivity index (χ3n) is 4.17. The lowest BCUT2D eigenvalue weighted by Crippen LogP contribution is -2.49. The highest BCUT2D eigenvalue weighted by Gasteiger charge is 2.30. The second-order valence-corrected chi connectivity index (χ2v) is 6.70. The van der Waals surface area contributed by atoms with Crippen LogP contribution in [0.3, 0.4) is 0 Å². The number of alkyl halides is 3. The van der Waals surface area contributed by atoms with E-state index >= 15 is 0 Å². The maximum atomic E-state index is 13.8. The van der Waals surface area contributed by atoms with Gasteiger partial charge in [-0.25, -0.2) is 8.78 Å². The second kappa shape index (κ2) is 9.02. The first kappa shape index (κ1) is 22.3. The summed E-state index contributed by atoms with van der Waals surface area (Å²) < 4.78 is 65.3. The molecule has 0 fully saturated rings. The summed E-state index contributed by atoms with van der Waals surface area (Å²) in [6.07, 6.45) is -4.46. The molecule has 29 heavy (non-hydrogen) atoms. The number of carbonyl (C=O) groups is 2. The molecule has 0 bridgehead atoms. The van der Waals surface area contributed by atoms with Crippen molar-refractivity contribution in [1.82, 2.24) is 10.6 Å². The van der Waals surface area contributed by atoms with Crippen LogP contribution in [-0.4, -0.2) is 17.9 Å². The first-order valence-corrected chi connectivity index (χ1v) is 8.69. The maximum Gasteiger partial charge on any atom is 0.416 e. The standard InChI is InChI=1S/C20H19F5N2O2/c1-11(2)17(27-18(28)16-14(21)4-3-5-15(16)22)19(29)26-10-12-6-8-13(9-7-12)20(23,24)25/h3-9,11,17H,10H2,1-2H3,(H,26,29)(H,27,28)/t17-/m0/s1. The van der Waals surface area contributed by atoms with Crippen molar-refractivity contribution in [3.63, 3.8) is 0 Å². The van der Waals surface area contributed by atoms with Gasteiger partial charge in [-0.2, -0.15) is 13.2 Å². The molecular weight excluding hydrogens is 395 g/mol. The van der Waals surface area contributed by atoms with Gasteiger partial charge in [-0.15, -0.1) is 0 Å². The second-order valence-electron chi connectivity index (χ2n) is 6.70. The van der Waals surface area contributed by atoms with Crippen LogP contribution in [-0.2, 0) is 17.5 Å². The van der Waals surface area contributed by atoms with Gasteiger partial charge in [-0.1, -0.05) is 32.0 Å². The molecule has 0 aliphatic rings. The molecule has 2 N–H and O–H groups in total. The van der Waals surface area contributed by atoms with Crippen molar-refractivity contribution in [3.05, 3.63) is 70.8 Å². The first-order valence-electron chi connectivity index (χ1n) is 8.69. The molecule has 2 aromatic rings. The number of rotatable bonds is 6. The topological polar surface area (TPSA) is 58.2 Å². The zero-order valence-electron chi connectivity index (χ0n) is 15.6. The summed E-state index contributed by atoms with van der Waals surface area (Å²) in [5, 5.41) is 4.80. The summed E-state index contributed by atoms with van der Waals surface area (Å²) in [4.78, 5) is 24.7. The lowest BCUT2D eigenvalue weighted by Gasteiger charge is -2.22. The molecule has 2 rings (SSSR count). The monoisotopic (exact) mass is 414 g/mol. The minimum Gasteiger partial charge on any atom is -0.350 e. The van der Waals surface area contributed by atoms with Crippen molar-refractivity contribution < 1.29 is 31.5 Å². The van der Waals surface area contributed by atoms with Crippen LogP contribution in [0.2, 0.25) is 0 Å². The molecule has 0 aliphatic heterocycles. The zero-order valence-corrected chi connectivity index (χ0v) is 15.6. The highest BCUT2D eigenvalue weighted by atomic mass is 19.4. The molecule has 0 aliphatic carbocycles. The van der Waals surface area contributed by atoms with Crippen LogP contribution >= 0.6 is 0 Å². The zero-order chi connectivity index (χ0) is 21.8. The Morgan fingerprint density at radius 3 is 2.00 bits per heavy atom. The summed E-state index contributed by atoms with van der Waals surface area (Å²) in [6.45, 7) is 3.17. The van der Waals surface area contributed by atoms with Gasteiger partial charge in [0.1, 0.15) is 23.2 Å². The van der Waals surface area contributed by atoms with Crippen LogP contribution in [0.4, 0.5) is 22.0 Å². The fourth-order valence-corrected chi connectivity index (χ4v) is 2.57. The molecule has 0 heterocycles. The van der Waals surface area contributed by atoms with Crippen LogP contribution in [0.5, 0.6) is 0 Å². The third kappa shape index (κ3) is 5.75. The van der Waals surface area contributed by atoms with Gasteiger partial charge in [-0.3, -0.25) is 9.59 Å². The van der Waals surface area contributed by atoms with E-state index < -0.39 is 52.7 Å². The molecular formula is C20H19F5N2O2. The Morgan fingerprint density at radius 2 is 1.52 bits per heavy atom. The Hall–Kier alpha value is -2.97. The predicted octanol–water partition coefficient (Wildman–Crippen LogP) is 4.05. The summed E-state index contributed by atoms with van der Waals surface area (Å²) in [7, 11) is 0. The average molecular weight is 414 g/mol. The van der Waals surface area contributed by atoms with Crippen LogP contribution < -0.4 is 10.6 Å². The van der Waals surface area contributed by atoms with Crippen molar-refractivity contribution in [1.29, 1.82) is 0 Å². The molecule has 0 saturated carbocycles. The van der Waals surface area contributed by atoms with Gasteiger partial charge in [0.2, 0.25) is 5.91 Å². The van der Waals surface area contributed by atoms with Crippen molar-refractivity contribution in [2.24, 2.45) is 5.92 Å². The minimum atomic E-state index is -4.46. The first-order chi connectivity index (χ1) is 13.5. The number of benzene rings is 2. The molecule has 4 nitrogen and oxygen atoms in total. The van der Waals surface area contributed by atoms with E-state index in [1.165, 1.54) is 12.1 Å². The molecule has 1 atom stereocenters. The Labute approximate surface area is 164 Å². The number of amides is 2. The average Bonchev–Trinajstić information content (AvgIpc) is 2.63. The van der Waals surface area contributed by atoms with Crippen LogP contribution in [0, 0.1) is 17.6 Å². The van der Waals surface area contributed by atoms with Crippen LogP contribution in [0.1, 0.15) is 35.3 Å². The number of hydrogen-bond donors (Lipinski definition) is 2. The lowest BCUT2D eigenvalue weighted by molar-refractivity contribution is -0.137. The SMILES string of the molecule is CC(C)[C@H](NC(=O)c1c(F)cccc1F)C(=O)NCc1ccc(C(F)(F)F)cc1. The molecule has 0 unspecified atom stereocenters. The quantitative estimate of drug-likeness (QED) is 0.701. The maximum absolute atomic E-state index is 13.8. The van der Waals surface area contributed by atoms with Gasteiger partial charge >= 0.3 is 6.18 Å². The van der Waals surface area contributed by atoms with Crippen LogP contribution in [0.25, 0.3) is 0 Å². The molecule has 9 heteroatoms. The van der Waals surface area contributed by atoms with E-state index in [2.05, 4.69) is 10.6 Å². The normalized spacial score (nSPS) is 12.6. The minimum absolute atomic E-state index is 0.0792. The van der Waals surface area contributed by atoms with Gasteiger partial charge in [0.15, 0.2) is 0 Å². The van der Waals surface area contributed by atoms with Gasteiger partial charge in [-0.05, 0) is 35.7 Å². The van der Waals surface area contributed by atoms with E-state index in [1.807, 2.05) is 0 Å². The Balaban J connectivity index is 2.05. The summed E-state index contributed by atoms with van der Waals surface area (Å²) in [6, 6.07) is 6.09. The van der Waals surface area contributed by atoms with E-state index in [0.29, 0.717) is 5.56 Å².